The second kappa shape index (κ2) is 9.93. The molecule has 4 aromatic rings. The van der Waals surface area contributed by atoms with Gasteiger partial charge in [-0.2, -0.15) is 0 Å². The summed E-state index contributed by atoms with van der Waals surface area (Å²) in [6, 6.07) is 14.4. The first-order valence-corrected chi connectivity index (χ1v) is 12.2. The fraction of sp³-hybridized carbons (Fsp3) is 0.280. The molecule has 1 amide bonds. The van der Waals surface area contributed by atoms with Gasteiger partial charge < -0.3 is 15.0 Å². The standard InChI is InChI=1S/C25H25FN6O2S/c1-16(18-6-3-4-7-19(18)26)31-10-12-32(13-11-31)22-14-23(28-15-27-22)34-20-8-5-9-21-24(20)30-25(35-21)29-17(2)33/h3-9,14-16H,10-13H2,1-2H3,(H,29,30,33)/t16-/m0/s1. The van der Waals surface area contributed by atoms with E-state index in [1.807, 2.05) is 43.3 Å². The van der Waals surface area contributed by atoms with Crippen LogP contribution in [-0.2, 0) is 4.79 Å². The number of ether oxygens (including phenoxy) is 1. The number of nitrogens with zero attached hydrogens (tertiary/aromatic N) is 5. The minimum absolute atomic E-state index is 0.00336. The van der Waals surface area contributed by atoms with Crippen LogP contribution in [0.3, 0.4) is 0 Å². The Labute approximate surface area is 206 Å². The smallest absolute Gasteiger partial charge is 0.224 e. The molecule has 10 heteroatoms. The molecule has 1 saturated heterocycles. The van der Waals surface area contributed by atoms with Crippen molar-refractivity contribution in [2.45, 2.75) is 19.9 Å². The van der Waals surface area contributed by atoms with Crippen LogP contribution in [0.2, 0.25) is 0 Å². The number of anilines is 2. The number of carbonyl (C=O) groups excluding carboxylic acids is 1. The minimum Gasteiger partial charge on any atom is -0.437 e. The van der Waals surface area contributed by atoms with E-state index in [1.165, 1.54) is 30.7 Å². The number of amides is 1. The lowest BCUT2D eigenvalue weighted by molar-refractivity contribution is -0.114. The molecule has 1 N–H and O–H groups in total. The molecule has 8 nitrogen and oxygen atoms in total. The number of para-hydroxylation sites is 1. The lowest BCUT2D eigenvalue weighted by Gasteiger charge is -2.38. The molecule has 0 aliphatic carbocycles. The normalized spacial score (nSPS) is 15.2. The van der Waals surface area contributed by atoms with Gasteiger partial charge in [0.05, 0.1) is 4.70 Å². The van der Waals surface area contributed by atoms with Crippen LogP contribution in [0.15, 0.2) is 54.9 Å². The van der Waals surface area contributed by atoms with Crippen molar-refractivity contribution >= 4 is 38.4 Å². The van der Waals surface area contributed by atoms with Gasteiger partial charge in [0.25, 0.3) is 0 Å². The number of fused-ring (bicyclic) bond motifs is 1. The van der Waals surface area contributed by atoms with Crippen molar-refractivity contribution < 1.29 is 13.9 Å². The van der Waals surface area contributed by atoms with Gasteiger partial charge in [-0.25, -0.2) is 19.3 Å². The van der Waals surface area contributed by atoms with E-state index in [0.717, 1.165) is 42.3 Å². The summed E-state index contributed by atoms with van der Waals surface area (Å²) in [6.07, 6.45) is 1.49. The maximum atomic E-state index is 14.2. The number of carbonyl (C=O) groups is 1. The van der Waals surface area contributed by atoms with Crippen molar-refractivity contribution in [3.05, 3.63) is 66.2 Å². The molecular formula is C25H25FN6O2S. The lowest BCUT2D eigenvalue weighted by Crippen LogP contribution is -2.47. The number of hydrogen-bond acceptors (Lipinski definition) is 8. The molecule has 0 radical (unpaired) electrons. The highest BCUT2D eigenvalue weighted by Crippen LogP contribution is 2.35. The van der Waals surface area contributed by atoms with Crippen LogP contribution >= 0.6 is 11.3 Å². The maximum Gasteiger partial charge on any atom is 0.224 e. The van der Waals surface area contributed by atoms with E-state index >= 15 is 0 Å². The van der Waals surface area contributed by atoms with Gasteiger partial charge in [-0.3, -0.25) is 9.69 Å². The first kappa shape index (κ1) is 23.1. The van der Waals surface area contributed by atoms with Crippen molar-refractivity contribution in [3.8, 4) is 11.6 Å². The molecule has 0 spiro atoms. The lowest BCUT2D eigenvalue weighted by atomic mass is 10.1. The molecule has 0 unspecified atom stereocenters. The number of thiazole rings is 1. The topological polar surface area (TPSA) is 83.5 Å². The molecule has 2 aromatic carbocycles. The van der Waals surface area contributed by atoms with E-state index in [4.69, 9.17) is 4.74 Å². The number of aromatic nitrogens is 3. The van der Waals surface area contributed by atoms with E-state index in [-0.39, 0.29) is 17.8 Å². The Morgan fingerprint density at radius 3 is 2.69 bits per heavy atom. The van der Waals surface area contributed by atoms with Crippen LogP contribution < -0.4 is 15.0 Å². The van der Waals surface area contributed by atoms with Crippen molar-refractivity contribution in [2.75, 3.05) is 36.4 Å². The summed E-state index contributed by atoms with van der Waals surface area (Å²) >= 11 is 1.39. The monoisotopic (exact) mass is 492 g/mol. The minimum atomic E-state index is -0.171. The predicted octanol–water partition coefficient (Wildman–Crippen LogP) is 4.86. The molecule has 5 rings (SSSR count). The third-order valence-corrected chi connectivity index (χ3v) is 6.98. The van der Waals surface area contributed by atoms with Crippen LogP contribution in [-0.4, -0.2) is 51.9 Å². The first-order chi connectivity index (χ1) is 17.0. The highest BCUT2D eigenvalue weighted by atomic mass is 32.1. The molecule has 3 heterocycles. The van der Waals surface area contributed by atoms with Crippen LogP contribution in [0.1, 0.15) is 25.5 Å². The van der Waals surface area contributed by atoms with Gasteiger partial charge in [0.2, 0.25) is 11.8 Å². The molecule has 180 valence electrons. The number of piperazine rings is 1. The summed E-state index contributed by atoms with van der Waals surface area (Å²) in [5, 5.41) is 3.24. The van der Waals surface area contributed by atoms with Crippen LogP contribution in [0, 0.1) is 5.82 Å². The zero-order valence-electron chi connectivity index (χ0n) is 19.4. The third kappa shape index (κ3) is 5.08. The average Bonchev–Trinajstić information content (AvgIpc) is 3.27. The van der Waals surface area contributed by atoms with Crippen molar-refractivity contribution in [2.24, 2.45) is 0 Å². The van der Waals surface area contributed by atoms with Crippen molar-refractivity contribution in [1.29, 1.82) is 0 Å². The average molecular weight is 493 g/mol. The zero-order chi connectivity index (χ0) is 24.4. The van der Waals surface area contributed by atoms with E-state index in [0.29, 0.717) is 22.3 Å². The predicted molar refractivity (Wildman–Crippen MR) is 135 cm³/mol. The Hall–Kier alpha value is -3.63. The Morgan fingerprint density at radius 1 is 1.11 bits per heavy atom. The first-order valence-electron chi connectivity index (χ1n) is 11.4. The van der Waals surface area contributed by atoms with Crippen LogP contribution in [0.25, 0.3) is 10.2 Å². The number of nitrogens with one attached hydrogen (secondary N) is 1. The summed E-state index contributed by atoms with van der Waals surface area (Å²) in [5.41, 5.74) is 1.38. The molecule has 0 saturated carbocycles. The molecule has 1 atom stereocenters. The second-order valence-electron chi connectivity index (χ2n) is 8.34. The number of benzene rings is 2. The molecule has 0 bridgehead atoms. The van der Waals surface area contributed by atoms with Gasteiger partial charge >= 0.3 is 0 Å². The molecule has 2 aromatic heterocycles. The van der Waals surface area contributed by atoms with Crippen molar-refractivity contribution in [1.82, 2.24) is 19.9 Å². The van der Waals surface area contributed by atoms with E-state index in [1.54, 1.807) is 6.07 Å². The van der Waals surface area contributed by atoms with Crippen LogP contribution in [0.4, 0.5) is 15.3 Å². The van der Waals surface area contributed by atoms with Crippen LogP contribution in [0.5, 0.6) is 11.6 Å². The fourth-order valence-corrected chi connectivity index (χ4v) is 5.16. The Bertz CT molecular complexity index is 1350. The van der Waals surface area contributed by atoms with Gasteiger partial charge in [-0.05, 0) is 25.1 Å². The Kier molecular flexibility index (Phi) is 6.56. The van der Waals surface area contributed by atoms with E-state index in [9.17, 15) is 9.18 Å². The van der Waals surface area contributed by atoms with Gasteiger partial charge in [0.15, 0.2) is 10.9 Å². The number of halogens is 1. The maximum absolute atomic E-state index is 14.2. The molecule has 1 aliphatic heterocycles. The highest BCUT2D eigenvalue weighted by Gasteiger charge is 2.24. The van der Waals surface area contributed by atoms with Gasteiger partial charge in [-0.15, -0.1) is 0 Å². The van der Waals surface area contributed by atoms with Gasteiger partial charge in [0.1, 0.15) is 23.5 Å². The highest BCUT2D eigenvalue weighted by molar-refractivity contribution is 7.22. The summed E-state index contributed by atoms with van der Waals surface area (Å²) in [5.74, 6) is 1.41. The van der Waals surface area contributed by atoms with Gasteiger partial charge in [-0.1, -0.05) is 35.6 Å². The fourth-order valence-electron chi connectivity index (χ4n) is 4.23. The molecular weight excluding hydrogens is 467 g/mol. The summed E-state index contributed by atoms with van der Waals surface area (Å²) in [7, 11) is 0. The van der Waals surface area contributed by atoms with Crippen molar-refractivity contribution in [3.63, 3.8) is 0 Å². The van der Waals surface area contributed by atoms with Gasteiger partial charge in [0, 0.05) is 50.8 Å². The summed E-state index contributed by atoms with van der Waals surface area (Å²) in [6.45, 7) is 6.60. The number of rotatable bonds is 6. The summed E-state index contributed by atoms with van der Waals surface area (Å²) < 4.78 is 21.2. The Balaban J connectivity index is 1.28. The quantitative estimate of drug-likeness (QED) is 0.412. The molecule has 1 aliphatic rings. The third-order valence-electron chi connectivity index (χ3n) is 6.05. The largest absolute Gasteiger partial charge is 0.437 e. The Morgan fingerprint density at radius 2 is 1.91 bits per heavy atom. The molecule has 35 heavy (non-hydrogen) atoms. The van der Waals surface area contributed by atoms with E-state index in [2.05, 4.69) is 30.1 Å². The van der Waals surface area contributed by atoms with E-state index < -0.39 is 0 Å². The zero-order valence-corrected chi connectivity index (χ0v) is 20.3. The second-order valence-corrected chi connectivity index (χ2v) is 9.37. The SMILES string of the molecule is CC(=O)Nc1nc2c(Oc3cc(N4CCN([C@@H](C)c5ccccc5F)CC4)ncn3)cccc2s1. The number of hydrogen-bond donors (Lipinski definition) is 1. The summed E-state index contributed by atoms with van der Waals surface area (Å²) in [4.78, 5) is 29.1. The molecule has 1 fully saturated rings.